The zero-order valence-electron chi connectivity index (χ0n) is 19.0. The fourth-order valence-electron chi connectivity index (χ4n) is 3.77. The second kappa shape index (κ2) is 9.53. The Bertz CT molecular complexity index is 1320. The predicted octanol–water partition coefficient (Wildman–Crippen LogP) is 6.08. The van der Waals surface area contributed by atoms with Gasteiger partial charge in [-0.3, -0.25) is 14.2 Å². The van der Waals surface area contributed by atoms with Crippen molar-refractivity contribution in [2.75, 3.05) is 5.32 Å². The van der Waals surface area contributed by atoms with Gasteiger partial charge in [0.15, 0.2) is 0 Å². The molecule has 2 aromatic carbocycles. The van der Waals surface area contributed by atoms with E-state index in [1.807, 2.05) is 85.6 Å². The number of carbonyl (C=O) groups is 1. The predicted molar refractivity (Wildman–Crippen MR) is 135 cm³/mol. The van der Waals surface area contributed by atoms with Crippen molar-refractivity contribution in [3.05, 3.63) is 97.5 Å². The molecule has 1 N–H and O–H groups in total. The summed E-state index contributed by atoms with van der Waals surface area (Å²) in [6.45, 7) is 9.03. The first-order valence-electron chi connectivity index (χ1n) is 10.6. The van der Waals surface area contributed by atoms with Crippen LogP contribution in [0.1, 0.15) is 44.3 Å². The average Bonchev–Trinajstić information content (AvgIpc) is 3.19. The maximum atomic E-state index is 12.9. The summed E-state index contributed by atoms with van der Waals surface area (Å²) in [6, 6.07) is 15.3. The summed E-state index contributed by atoms with van der Waals surface area (Å²) < 4.78 is 4.84. The van der Waals surface area contributed by atoms with Crippen LogP contribution >= 0.6 is 27.5 Å². The van der Waals surface area contributed by atoms with Crippen molar-refractivity contribution in [2.45, 2.75) is 40.8 Å². The number of hydrogen-bond donors (Lipinski definition) is 1. The third kappa shape index (κ3) is 4.89. The van der Waals surface area contributed by atoms with E-state index >= 15 is 0 Å². The number of nitrogens with zero attached hydrogens (tertiary/aromatic N) is 4. The Morgan fingerprint density at radius 1 is 0.909 bits per heavy atom. The Kier molecular flexibility index (Phi) is 6.72. The summed E-state index contributed by atoms with van der Waals surface area (Å²) >= 11 is 9.86. The molecule has 0 saturated carbocycles. The first-order chi connectivity index (χ1) is 15.7. The van der Waals surface area contributed by atoms with Crippen molar-refractivity contribution in [2.24, 2.45) is 0 Å². The quantitative estimate of drug-likeness (QED) is 0.331. The van der Waals surface area contributed by atoms with Crippen LogP contribution in [0.15, 0.2) is 53.0 Å². The minimum Gasteiger partial charge on any atom is -0.319 e. The van der Waals surface area contributed by atoms with Crippen molar-refractivity contribution in [1.29, 1.82) is 0 Å². The number of hydrogen-bond acceptors (Lipinski definition) is 3. The topological polar surface area (TPSA) is 64.7 Å². The van der Waals surface area contributed by atoms with Gasteiger partial charge >= 0.3 is 0 Å². The third-order valence-electron chi connectivity index (χ3n) is 5.74. The van der Waals surface area contributed by atoms with Gasteiger partial charge in [-0.15, -0.1) is 0 Å². The zero-order chi connectivity index (χ0) is 23.7. The summed E-state index contributed by atoms with van der Waals surface area (Å²) in [5.41, 5.74) is 7.05. The largest absolute Gasteiger partial charge is 0.319 e. The van der Waals surface area contributed by atoms with Gasteiger partial charge in [-0.25, -0.2) is 0 Å². The zero-order valence-corrected chi connectivity index (χ0v) is 21.3. The summed E-state index contributed by atoms with van der Waals surface area (Å²) in [4.78, 5) is 12.9. The Morgan fingerprint density at radius 2 is 1.55 bits per heavy atom. The summed E-state index contributed by atoms with van der Waals surface area (Å²) in [5, 5.41) is 12.9. The summed E-state index contributed by atoms with van der Waals surface area (Å²) in [6.07, 6.45) is 0. The molecule has 0 bridgehead atoms. The van der Waals surface area contributed by atoms with Crippen LogP contribution in [0.2, 0.25) is 5.02 Å². The number of aromatic nitrogens is 4. The third-order valence-corrected chi connectivity index (χ3v) is 7.26. The maximum Gasteiger partial charge on any atom is 0.255 e. The minimum atomic E-state index is -0.168. The van der Waals surface area contributed by atoms with Crippen LogP contribution in [0.25, 0.3) is 0 Å². The monoisotopic (exact) mass is 525 g/mol. The molecule has 0 radical (unpaired) electrons. The lowest BCUT2D eigenvalue weighted by molar-refractivity contribution is 0.102. The molecule has 0 aliphatic heterocycles. The van der Waals surface area contributed by atoms with Gasteiger partial charge < -0.3 is 5.32 Å². The molecule has 8 heteroatoms. The molecule has 6 nitrogen and oxygen atoms in total. The van der Waals surface area contributed by atoms with Crippen LogP contribution < -0.4 is 5.32 Å². The molecule has 0 spiro atoms. The second-order valence-electron chi connectivity index (χ2n) is 8.09. The van der Waals surface area contributed by atoms with Crippen LogP contribution in [-0.2, 0) is 13.1 Å². The number of rotatable bonds is 6. The number of aryl methyl sites for hydroxylation is 2. The normalized spacial score (nSPS) is 11.1. The lowest BCUT2D eigenvalue weighted by Gasteiger charge is -2.09. The smallest absolute Gasteiger partial charge is 0.255 e. The molecule has 0 aliphatic rings. The van der Waals surface area contributed by atoms with E-state index < -0.39 is 0 Å². The van der Waals surface area contributed by atoms with E-state index in [-0.39, 0.29) is 5.91 Å². The number of benzene rings is 2. The van der Waals surface area contributed by atoms with Gasteiger partial charge in [-0.1, -0.05) is 41.9 Å². The first-order valence-corrected chi connectivity index (χ1v) is 11.8. The Morgan fingerprint density at radius 3 is 2.18 bits per heavy atom. The molecule has 0 unspecified atom stereocenters. The number of carbonyl (C=O) groups excluding carboxylic acids is 1. The van der Waals surface area contributed by atoms with Crippen LogP contribution in [0.3, 0.4) is 0 Å². The van der Waals surface area contributed by atoms with Crippen LogP contribution in [0, 0.1) is 27.7 Å². The van der Waals surface area contributed by atoms with Gasteiger partial charge in [0, 0.05) is 10.6 Å². The van der Waals surface area contributed by atoms with Gasteiger partial charge in [0.05, 0.1) is 46.0 Å². The fourth-order valence-corrected chi connectivity index (χ4v) is 4.25. The molecule has 1 amide bonds. The number of amides is 1. The molecule has 0 aliphatic carbocycles. The first kappa shape index (κ1) is 23.3. The van der Waals surface area contributed by atoms with Crippen molar-refractivity contribution in [1.82, 2.24) is 19.6 Å². The molecule has 2 aromatic heterocycles. The SMILES string of the molecule is Cc1nn(Cc2ccc(C(=O)Nc3c(C)nn(Cc4ccccc4Cl)c3C)cc2)c(C)c1Br. The lowest BCUT2D eigenvalue weighted by Crippen LogP contribution is -2.13. The molecule has 2 heterocycles. The van der Waals surface area contributed by atoms with Crippen LogP contribution in [0.4, 0.5) is 5.69 Å². The molecule has 33 heavy (non-hydrogen) atoms. The van der Waals surface area contributed by atoms with E-state index in [2.05, 4.69) is 31.4 Å². The number of halogens is 2. The molecule has 4 aromatic rings. The highest BCUT2D eigenvalue weighted by Crippen LogP contribution is 2.24. The van der Waals surface area contributed by atoms with Crippen molar-refractivity contribution in [3.63, 3.8) is 0 Å². The van der Waals surface area contributed by atoms with Crippen LogP contribution in [-0.4, -0.2) is 25.5 Å². The van der Waals surface area contributed by atoms with E-state index in [1.54, 1.807) is 0 Å². The molecule has 170 valence electrons. The van der Waals surface area contributed by atoms with E-state index in [9.17, 15) is 4.79 Å². The number of nitrogens with one attached hydrogen (secondary N) is 1. The molecular formula is C25H25BrClN5O. The van der Waals surface area contributed by atoms with Crippen molar-refractivity contribution in [3.8, 4) is 0 Å². The fraction of sp³-hybridized carbons (Fsp3) is 0.240. The molecule has 0 fully saturated rings. The molecule has 0 saturated heterocycles. The van der Waals surface area contributed by atoms with Crippen molar-refractivity contribution >= 4 is 39.1 Å². The summed E-state index contributed by atoms with van der Waals surface area (Å²) in [5.74, 6) is -0.168. The van der Waals surface area contributed by atoms with Gasteiger partial charge in [-0.2, -0.15) is 10.2 Å². The van der Waals surface area contributed by atoms with Crippen LogP contribution in [0.5, 0.6) is 0 Å². The molecular weight excluding hydrogens is 502 g/mol. The van der Waals surface area contributed by atoms with E-state index in [1.165, 1.54) is 0 Å². The highest BCUT2D eigenvalue weighted by atomic mass is 79.9. The van der Waals surface area contributed by atoms with E-state index in [0.29, 0.717) is 23.7 Å². The summed E-state index contributed by atoms with van der Waals surface area (Å²) in [7, 11) is 0. The number of anilines is 1. The molecule has 0 atom stereocenters. The minimum absolute atomic E-state index is 0.168. The average molecular weight is 527 g/mol. The van der Waals surface area contributed by atoms with E-state index in [4.69, 9.17) is 11.6 Å². The van der Waals surface area contributed by atoms with E-state index in [0.717, 1.165) is 44.1 Å². The second-order valence-corrected chi connectivity index (χ2v) is 9.29. The lowest BCUT2D eigenvalue weighted by atomic mass is 10.1. The Balaban J connectivity index is 1.47. The van der Waals surface area contributed by atoms with Gasteiger partial charge in [0.1, 0.15) is 0 Å². The maximum absolute atomic E-state index is 12.9. The van der Waals surface area contributed by atoms with Gasteiger partial charge in [0.25, 0.3) is 5.91 Å². The standard InChI is InChI=1S/C25H25BrClN5O/c1-15-23(26)17(3)31(29-15)13-19-9-11-20(12-10-19)25(33)28-24-16(2)30-32(18(24)4)14-21-7-5-6-8-22(21)27/h5-12H,13-14H2,1-4H3,(H,28,33). The highest BCUT2D eigenvalue weighted by molar-refractivity contribution is 9.10. The Labute approximate surface area is 206 Å². The van der Waals surface area contributed by atoms with Gasteiger partial charge in [0.2, 0.25) is 0 Å². The highest BCUT2D eigenvalue weighted by Gasteiger charge is 2.16. The molecule has 4 rings (SSSR count). The van der Waals surface area contributed by atoms with Gasteiger partial charge in [-0.05, 0) is 73.0 Å². The Hall–Kier alpha value is -2.90. The van der Waals surface area contributed by atoms with Crippen molar-refractivity contribution < 1.29 is 4.79 Å².